The van der Waals surface area contributed by atoms with E-state index in [1.54, 1.807) is 60.7 Å². The third kappa shape index (κ3) is 3.68. The van der Waals surface area contributed by atoms with Crippen molar-refractivity contribution in [1.82, 2.24) is 0 Å². The van der Waals surface area contributed by atoms with Crippen molar-refractivity contribution in [1.29, 1.82) is 0 Å². The number of benzene rings is 3. The number of nitrogens with zero attached hydrogens (tertiary/aromatic N) is 1. The maximum Gasteiger partial charge on any atom is 0.300 e. The van der Waals surface area contributed by atoms with Crippen LogP contribution in [0.5, 0.6) is 5.75 Å². The summed E-state index contributed by atoms with van der Waals surface area (Å²) in [6.45, 7) is 1.87. The minimum Gasteiger partial charge on any atom is -0.507 e. The van der Waals surface area contributed by atoms with Gasteiger partial charge in [-0.05, 0) is 48.9 Å². The van der Waals surface area contributed by atoms with Gasteiger partial charge in [-0.15, -0.1) is 0 Å². The highest BCUT2D eigenvalue weighted by Crippen LogP contribution is 2.43. The van der Waals surface area contributed by atoms with E-state index in [0.29, 0.717) is 27.6 Å². The number of aliphatic hydroxyl groups is 1. The second kappa shape index (κ2) is 8.28. The number of carbonyl (C=O) groups excluding carboxylic acids is 2. The van der Waals surface area contributed by atoms with Gasteiger partial charge in [-0.2, -0.15) is 0 Å². The third-order valence-corrected chi connectivity index (χ3v) is 5.53. The van der Waals surface area contributed by atoms with E-state index < -0.39 is 17.7 Å². The van der Waals surface area contributed by atoms with Crippen LogP contribution in [0, 0.1) is 6.92 Å². The Balaban J connectivity index is 1.98. The van der Waals surface area contributed by atoms with Crippen LogP contribution in [0.2, 0.25) is 5.02 Å². The molecule has 1 unspecified atom stereocenters. The summed E-state index contributed by atoms with van der Waals surface area (Å²) in [6, 6.07) is 20.2. The molecule has 0 bridgehead atoms. The number of hydrogen-bond donors (Lipinski definition) is 1. The summed E-state index contributed by atoms with van der Waals surface area (Å²) < 4.78 is 5.39. The molecule has 1 atom stereocenters. The summed E-state index contributed by atoms with van der Waals surface area (Å²) in [5, 5.41) is 11.8. The van der Waals surface area contributed by atoms with Crippen molar-refractivity contribution < 1.29 is 19.4 Å². The number of methoxy groups -OCH3 is 1. The molecule has 3 aromatic rings. The van der Waals surface area contributed by atoms with Crippen LogP contribution in [0.25, 0.3) is 5.76 Å². The number of carbonyl (C=O) groups is 2. The molecule has 3 aromatic carbocycles. The van der Waals surface area contributed by atoms with E-state index in [1.807, 2.05) is 19.1 Å². The van der Waals surface area contributed by atoms with Crippen LogP contribution in [-0.2, 0) is 9.59 Å². The Bertz CT molecular complexity index is 1190. The zero-order valence-electron chi connectivity index (χ0n) is 17.0. The summed E-state index contributed by atoms with van der Waals surface area (Å²) in [5.41, 5.74) is 2.44. The molecule has 1 fully saturated rings. The van der Waals surface area contributed by atoms with Crippen molar-refractivity contribution in [2.45, 2.75) is 13.0 Å². The Morgan fingerprint density at radius 2 is 1.68 bits per heavy atom. The minimum absolute atomic E-state index is 0.0000699. The van der Waals surface area contributed by atoms with Crippen LogP contribution in [-0.4, -0.2) is 23.9 Å². The number of halogens is 1. The van der Waals surface area contributed by atoms with E-state index in [9.17, 15) is 14.7 Å². The van der Waals surface area contributed by atoms with Gasteiger partial charge in [-0.1, -0.05) is 53.6 Å². The molecule has 156 valence electrons. The van der Waals surface area contributed by atoms with Gasteiger partial charge in [0.15, 0.2) is 0 Å². The molecule has 1 heterocycles. The lowest BCUT2D eigenvalue weighted by Gasteiger charge is -2.25. The number of para-hydroxylation sites is 1. The zero-order valence-corrected chi connectivity index (χ0v) is 17.8. The van der Waals surface area contributed by atoms with Crippen LogP contribution in [0.15, 0.2) is 78.4 Å². The van der Waals surface area contributed by atoms with Crippen molar-refractivity contribution in [2.75, 3.05) is 12.0 Å². The van der Waals surface area contributed by atoms with Crippen molar-refractivity contribution in [3.63, 3.8) is 0 Å². The van der Waals surface area contributed by atoms with Crippen LogP contribution in [0.1, 0.15) is 22.7 Å². The van der Waals surface area contributed by atoms with Crippen LogP contribution >= 0.6 is 11.6 Å². The Hall–Kier alpha value is -3.57. The second-order valence-corrected chi connectivity index (χ2v) is 7.70. The summed E-state index contributed by atoms with van der Waals surface area (Å²) in [7, 11) is 1.49. The standard InChI is InChI=1S/C25H20ClNO4/c1-15-8-13-20(31-2)19(14-15)23(28)21-22(16-9-11-17(26)12-10-16)27(25(30)24(21)29)18-6-4-3-5-7-18/h3-14,22,28H,1-2H3/b23-21+. The van der Waals surface area contributed by atoms with Crippen molar-refractivity contribution in [2.24, 2.45) is 0 Å². The maximum atomic E-state index is 13.2. The van der Waals surface area contributed by atoms with E-state index in [2.05, 4.69) is 0 Å². The molecule has 1 amide bonds. The minimum atomic E-state index is -0.815. The van der Waals surface area contributed by atoms with Gasteiger partial charge in [0.2, 0.25) is 0 Å². The molecule has 0 aromatic heterocycles. The first-order chi connectivity index (χ1) is 14.9. The smallest absolute Gasteiger partial charge is 0.300 e. The van der Waals surface area contributed by atoms with Crippen LogP contribution in [0.4, 0.5) is 5.69 Å². The largest absolute Gasteiger partial charge is 0.507 e. The van der Waals surface area contributed by atoms with Gasteiger partial charge in [0.25, 0.3) is 11.7 Å². The predicted molar refractivity (Wildman–Crippen MR) is 120 cm³/mol. The lowest BCUT2D eigenvalue weighted by atomic mass is 9.94. The number of ketones is 1. The summed E-state index contributed by atoms with van der Waals surface area (Å²) in [6.07, 6.45) is 0. The Morgan fingerprint density at radius 1 is 1.00 bits per heavy atom. The molecule has 5 nitrogen and oxygen atoms in total. The first-order valence-electron chi connectivity index (χ1n) is 9.69. The fourth-order valence-electron chi connectivity index (χ4n) is 3.80. The fourth-order valence-corrected chi connectivity index (χ4v) is 3.93. The molecule has 0 radical (unpaired) electrons. The Kier molecular flexibility index (Phi) is 5.53. The zero-order chi connectivity index (χ0) is 22.1. The van der Waals surface area contributed by atoms with Gasteiger partial charge in [0.05, 0.1) is 24.3 Å². The van der Waals surface area contributed by atoms with E-state index in [1.165, 1.54) is 12.0 Å². The van der Waals surface area contributed by atoms with Gasteiger partial charge in [-0.3, -0.25) is 14.5 Å². The number of anilines is 1. The number of Topliss-reactive ketones (excluding diaryl/α,β-unsaturated/α-hetero) is 1. The highest BCUT2D eigenvalue weighted by molar-refractivity contribution is 6.51. The van der Waals surface area contributed by atoms with E-state index in [4.69, 9.17) is 16.3 Å². The van der Waals surface area contributed by atoms with Crippen LogP contribution < -0.4 is 9.64 Å². The maximum absolute atomic E-state index is 13.2. The van der Waals surface area contributed by atoms with Crippen molar-refractivity contribution in [3.8, 4) is 5.75 Å². The second-order valence-electron chi connectivity index (χ2n) is 7.26. The van der Waals surface area contributed by atoms with E-state index in [0.717, 1.165) is 5.56 Å². The summed E-state index contributed by atoms with van der Waals surface area (Å²) >= 11 is 6.06. The SMILES string of the molecule is COc1ccc(C)cc1/C(O)=C1\C(=O)C(=O)N(c2ccccc2)C1c1ccc(Cl)cc1. The average molecular weight is 434 g/mol. The summed E-state index contributed by atoms with van der Waals surface area (Å²) in [5.74, 6) is -1.34. The molecule has 31 heavy (non-hydrogen) atoms. The van der Waals surface area contributed by atoms with E-state index in [-0.39, 0.29) is 11.3 Å². The van der Waals surface area contributed by atoms with Gasteiger partial charge < -0.3 is 9.84 Å². The molecule has 4 rings (SSSR count). The number of ether oxygens (including phenoxy) is 1. The molecule has 0 spiro atoms. The van der Waals surface area contributed by atoms with Gasteiger partial charge in [0, 0.05) is 10.7 Å². The molecule has 6 heteroatoms. The normalized spacial score (nSPS) is 17.8. The fraction of sp³-hybridized carbons (Fsp3) is 0.120. The molecular formula is C25H20ClNO4. The monoisotopic (exact) mass is 433 g/mol. The van der Waals surface area contributed by atoms with Crippen molar-refractivity contribution in [3.05, 3.63) is 100 Å². The van der Waals surface area contributed by atoms with Crippen molar-refractivity contribution >= 4 is 34.7 Å². The molecule has 1 N–H and O–H groups in total. The van der Waals surface area contributed by atoms with Gasteiger partial charge in [0.1, 0.15) is 11.5 Å². The lowest BCUT2D eigenvalue weighted by molar-refractivity contribution is -0.132. The highest BCUT2D eigenvalue weighted by Gasteiger charge is 2.47. The number of amides is 1. The number of rotatable bonds is 4. The lowest BCUT2D eigenvalue weighted by Crippen LogP contribution is -2.29. The van der Waals surface area contributed by atoms with Gasteiger partial charge >= 0.3 is 0 Å². The molecule has 1 aliphatic heterocycles. The molecule has 0 aliphatic carbocycles. The average Bonchev–Trinajstić information content (AvgIpc) is 3.05. The highest BCUT2D eigenvalue weighted by atomic mass is 35.5. The Morgan fingerprint density at radius 3 is 2.32 bits per heavy atom. The molecule has 1 aliphatic rings. The first-order valence-corrected chi connectivity index (χ1v) is 10.1. The quantitative estimate of drug-likeness (QED) is 0.345. The number of hydrogen-bond acceptors (Lipinski definition) is 4. The number of aliphatic hydroxyl groups excluding tert-OH is 1. The third-order valence-electron chi connectivity index (χ3n) is 5.27. The summed E-state index contributed by atoms with van der Waals surface area (Å²) in [4.78, 5) is 27.7. The topological polar surface area (TPSA) is 66.8 Å². The van der Waals surface area contributed by atoms with Gasteiger partial charge in [-0.25, -0.2) is 0 Å². The predicted octanol–water partition coefficient (Wildman–Crippen LogP) is 5.28. The molecule has 0 saturated carbocycles. The van der Waals surface area contributed by atoms with Crippen LogP contribution in [0.3, 0.4) is 0 Å². The van der Waals surface area contributed by atoms with E-state index >= 15 is 0 Å². The Labute approximate surface area is 185 Å². The first kappa shape index (κ1) is 20.7. The molecular weight excluding hydrogens is 414 g/mol. The number of aryl methyl sites for hydroxylation is 1. The molecule has 1 saturated heterocycles.